The lowest BCUT2D eigenvalue weighted by Crippen LogP contribution is -2.50. The van der Waals surface area contributed by atoms with Crippen LogP contribution >= 0.6 is 0 Å². The lowest BCUT2D eigenvalue weighted by molar-refractivity contribution is 0.0824. The van der Waals surface area contributed by atoms with E-state index in [9.17, 15) is 14.3 Å². The second-order valence-corrected chi connectivity index (χ2v) is 5.26. The summed E-state index contributed by atoms with van der Waals surface area (Å²) in [6, 6.07) is 4.09. The number of hydrogen-bond acceptors (Lipinski definition) is 2. The average molecular weight is 251 g/mol. The van der Waals surface area contributed by atoms with Gasteiger partial charge in [0, 0.05) is 5.56 Å². The molecule has 0 radical (unpaired) electrons. The molecule has 1 aromatic carbocycles. The summed E-state index contributed by atoms with van der Waals surface area (Å²) in [5, 5.41) is 12.3. The Balaban J connectivity index is 2.16. The number of hydrogen-bond donors (Lipinski definition) is 2. The Kier molecular flexibility index (Phi) is 3.39. The van der Waals surface area contributed by atoms with Gasteiger partial charge in [-0.25, -0.2) is 4.39 Å². The van der Waals surface area contributed by atoms with Crippen molar-refractivity contribution in [1.82, 2.24) is 5.32 Å². The van der Waals surface area contributed by atoms with Gasteiger partial charge < -0.3 is 10.4 Å². The van der Waals surface area contributed by atoms with Crippen LogP contribution in [0.4, 0.5) is 4.39 Å². The second-order valence-electron chi connectivity index (χ2n) is 5.26. The van der Waals surface area contributed by atoms with Crippen molar-refractivity contribution >= 4 is 5.91 Å². The van der Waals surface area contributed by atoms with Crippen LogP contribution in [0.2, 0.25) is 0 Å². The van der Waals surface area contributed by atoms with Gasteiger partial charge in [0.15, 0.2) is 0 Å². The number of amides is 1. The van der Waals surface area contributed by atoms with Crippen molar-refractivity contribution in [3.05, 3.63) is 35.1 Å². The molecule has 1 saturated carbocycles. The fourth-order valence-corrected chi connectivity index (χ4v) is 2.20. The average Bonchev–Trinajstić information content (AvgIpc) is 3.12. The highest BCUT2D eigenvalue weighted by Gasteiger charge is 2.42. The first kappa shape index (κ1) is 13.0. The van der Waals surface area contributed by atoms with Crippen molar-refractivity contribution in [2.75, 3.05) is 6.61 Å². The van der Waals surface area contributed by atoms with E-state index in [2.05, 4.69) is 5.32 Å². The molecule has 1 aliphatic rings. The first-order valence-electron chi connectivity index (χ1n) is 6.16. The SMILES string of the molecule is Cc1cc(F)ccc1C(=O)N[C@@](C)(CO)C1CC1. The van der Waals surface area contributed by atoms with Gasteiger partial charge in [0.05, 0.1) is 12.1 Å². The molecule has 1 atom stereocenters. The summed E-state index contributed by atoms with van der Waals surface area (Å²) in [4.78, 5) is 12.1. The van der Waals surface area contributed by atoms with E-state index < -0.39 is 5.54 Å². The van der Waals surface area contributed by atoms with Crippen molar-refractivity contribution in [1.29, 1.82) is 0 Å². The van der Waals surface area contributed by atoms with Crippen LogP contribution in [0.1, 0.15) is 35.7 Å². The molecule has 2 rings (SSSR count). The summed E-state index contributed by atoms with van der Waals surface area (Å²) < 4.78 is 13.0. The third-order valence-corrected chi connectivity index (χ3v) is 3.64. The number of aryl methyl sites for hydroxylation is 1. The molecule has 0 saturated heterocycles. The van der Waals surface area contributed by atoms with Gasteiger partial charge in [0.2, 0.25) is 0 Å². The maximum absolute atomic E-state index is 13.0. The quantitative estimate of drug-likeness (QED) is 0.860. The Morgan fingerprint density at radius 1 is 1.56 bits per heavy atom. The highest BCUT2D eigenvalue weighted by molar-refractivity contribution is 5.96. The number of carbonyl (C=O) groups excluding carboxylic acids is 1. The van der Waals surface area contributed by atoms with Crippen molar-refractivity contribution in [3.8, 4) is 0 Å². The Bertz CT molecular complexity index is 471. The molecule has 1 aromatic rings. The molecule has 98 valence electrons. The van der Waals surface area contributed by atoms with Gasteiger partial charge in [-0.2, -0.15) is 0 Å². The minimum atomic E-state index is -0.572. The molecule has 1 fully saturated rings. The lowest BCUT2D eigenvalue weighted by atomic mass is 9.96. The topological polar surface area (TPSA) is 49.3 Å². The van der Waals surface area contributed by atoms with Crippen LogP contribution in [-0.4, -0.2) is 23.2 Å². The molecule has 0 unspecified atom stereocenters. The number of nitrogens with one attached hydrogen (secondary N) is 1. The van der Waals surface area contributed by atoms with Crippen LogP contribution < -0.4 is 5.32 Å². The molecule has 0 heterocycles. The first-order valence-corrected chi connectivity index (χ1v) is 6.16. The highest BCUT2D eigenvalue weighted by atomic mass is 19.1. The van der Waals surface area contributed by atoms with Crippen LogP contribution in [0.5, 0.6) is 0 Å². The van der Waals surface area contributed by atoms with E-state index in [1.807, 2.05) is 6.92 Å². The van der Waals surface area contributed by atoms with Crippen molar-refractivity contribution in [2.45, 2.75) is 32.2 Å². The van der Waals surface area contributed by atoms with Crippen LogP contribution in [-0.2, 0) is 0 Å². The van der Waals surface area contributed by atoms with E-state index in [1.54, 1.807) is 6.92 Å². The van der Waals surface area contributed by atoms with Gasteiger partial charge in [0.1, 0.15) is 5.82 Å². The molecule has 0 bridgehead atoms. The number of aliphatic hydroxyl groups excluding tert-OH is 1. The molecule has 2 N–H and O–H groups in total. The van der Waals surface area contributed by atoms with Gasteiger partial charge >= 0.3 is 0 Å². The summed E-state index contributed by atoms with van der Waals surface area (Å²) in [6.45, 7) is 3.47. The zero-order valence-corrected chi connectivity index (χ0v) is 10.7. The van der Waals surface area contributed by atoms with Crippen molar-refractivity contribution in [2.24, 2.45) is 5.92 Å². The molecular formula is C14H18FNO2. The van der Waals surface area contributed by atoms with Gasteiger partial charge in [-0.3, -0.25) is 4.79 Å². The Morgan fingerprint density at radius 2 is 2.22 bits per heavy atom. The zero-order valence-electron chi connectivity index (χ0n) is 10.7. The van der Waals surface area contributed by atoms with E-state index >= 15 is 0 Å². The zero-order chi connectivity index (χ0) is 13.3. The molecule has 1 aliphatic carbocycles. The predicted octanol–water partition coefficient (Wildman–Crippen LogP) is 2.02. The Morgan fingerprint density at radius 3 is 2.72 bits per heavy atom. The van der Waals surface area contributed by atoms with Gasteiger partial charge in [-0.15, -0.1) is 0 Å². The number of aliphatic hydroxyl groups is 1. The summed E-state index contributed by atoms with van der Waals surface area (Å²) in [5.74, 6) is -0.265. The van der Waals surface area contributed by atoms with Gasteiger partial charge in [0.25, 0.3) is 5.91 Å². The summed E-state index contributed by atoms with van der Waals surface area (Å²) in [7, 11) is 0. The smallest absolute Gasteiger partial charge is 0.252 e. The minimum absolute atomic E-state index is 0.0797. The Hall–Kier alpha value is -1.42. The third-order valence-electron chi connectivity index (χ3n) is 3.64. The summed E-state index contributed by atoms with van der Waals surface area (Å²) in [6.07, 6.45) is 2.06. The molecule has 1 amide bonds. The van der Waals surface area contributed by atoms with Crippen LogP contribution in [0.3, 0.4) is 0 Å². The van der Waals surface area contributed by atoms with Crippen LogP contribution in [0, 0.1) is 18.7 Å². The van der Waals surface area contributed by atoms with Crippen molar-refractivity contribution in [3.63, 3.8) is 0 Å². The normalized spacial score (nSPS) is 18.2. The fourth-order valence-electron chi connectivity index (χ4n) is 2.20. The van der Waals surface area contributed by atoms with Gasteiger partial charge in [-0.05, 0) is 56.4 Å². The number of carbonyl (C=O) groups is 1. The maximum atomic E-state index is 13.0. The van der Waals surface area contributed by atoms with Gasteiger partial charge in [-0.1, -0.05) is 0 Å². The first-order chi connectivity index (χ1) is 8.46. The Labute approximate surface area is 106 Å². The van der Waals surface area contributed by atoms with Crippen LogP contribution in [0.25, 0.3) is 0 Å². The lowest BCUT2D eigenvalue weighted by Gasteiger charge is -2.29. The summed E-state index contributed by atoms with van der Waals surface area (Å²) in [5.41, 5.74) is 0.484. The summed E-state index contributed by atoms with van der Waals surface area (Å²) >= 11 is 0. The standard InChI is InChI=1S/C14H18FNO2/c1-9-7-11(15)5-6-12(9)13(18)16-14(2,8-17)10-3-4-10/h5-7,10,17H,3-4,8H2,1-2H3,(H,16,18)/t14-/m0/s1. The van der Waals surface area contributed by atoms with Crippen molar-refractivity contribution < 1.29 is 14.3 Å². The highest BCUT2D eigenvalue weighted by Crippen LogP contribution is 2.39. The monoisotopic (exact) mass is 251 g/mol. The second kappa shape index (κ2) is 4.69. The minimum Gasteiger partial charge on any atom is -0.394 e. The van der Waals surface area contributed by atoms with E-state index in [0.29, 0.717) is 17.0 Å². The maximum Gasteiger partial charge on any atom is 0.252 e. The molecule has 0 aliphatic heterocycles. The molecular weight excluding hydrogens is 233 g/mol. The molecule has 18 heavy (non-hydrogen) atoms. The van der Waals surface area contributed by atoms with Crippen LogP contribution in [0.15, 0.2) is 18.2 Å². The molecule has 4 heteroatoms. The predicted molar refractivity (Wildman–Crippen MR) is 66.8 cm³/mol. The third kappa shape index (κ3) is 2.53. The van der Waals surface area contributed by atoms with E-state index in [-0.39, 0.29) is 18.3 Å². The molecule has 0 aromatic heterocycles. The van der Waals surface area contributed by atoms with E-state index in [0.717, 1.165) is 12.8 Å². The molecule has 0 spiro atoms. The van der Waals surface area contributed by atoms with E-state index in [1.165, 1.54) is 18.2 Å². The fraction of sp³-hybridized carbons (Fsp3) is 0.500. The largest absolute Gasteiger partial charge is 0.394 e. The number of halogens is 1. The number of rotatable bonds is 4. The van der Waals surface area contributed by atoms with E-state index in [4.69, 9.17) is 0 Å². The molecule has 3 nitrogen and oxygen atoms in total. The number of benzene rings is 1.